The molecule has 1 rings (SSSR count). The zero-order valence-corrected chi connectivity index (χ0v) is 7.19. The highest BCUT2D eigenvalue weighted by Gasteiger charge is 2.11. The van der Waals surface area contributed by atoms with Crippen LogP contribution in [0, 0.1) is 17.0 Å². The number of rotatable bonds is 3. The van der Waals surface area contributed by atoms with Crippen molar-refractivity contribution < 1.29 is 9.72 Å². The van der Waals surface area contributed by atoms with E-state index in [1.807, 2.05) is 0 Å². The highest BCUT2D eigenvalue weighted by molar-refractivity contribution is 5.58. The molecule has 0 bridgehead atoms. The normalized spacial score (nSPS) is 9.62. The van der Waals surface area contributed by atoms with Crippen molar-refractivity contribution in [3.8, 4) is 0 Å². The fourth-order valence-electron chi connectivity index (χ4n) is 1.18. The van der Waals surface area contributed by atoms with Gasteiger partial charge in [0, 0.05) is 18.1 Å². The quantitative estimate of drug-likeness (QED) is 0.402. The highest BCUT2D eigenvalue weighted by atomic mass is 16.6. The molecule has 1 aromatic rings. The molecule has 0 aromatic heterocycles. The molecule has 0 aliphatic carbocycles. The molecule has 0 atom stereocenters. The second-order valence-corrected chi connectivity index (χ2v) is 2.69. The van der Waals surface area contributed by atoms with Gasteiger partial charge in [-0.2, -0.15) is 0 Å². The standard InChI is InChI=1S/C9H9NO3/c1-7-8(5-6-11)3-2-4-9(7)10(12)13/h2-4,6H,5H2,1H3. The van der Waals surface area contributed by atoms with Gasteiger partial charge in [0.1, 0.15) is 6.29 Å². The average molecular weight is 179 g/mol. The fourth-order valence-corrected chi connectivity index (χ4v) is 1.18. The Balaban J connectivity index is 3.17. The van der Waals surface area contributed by atoms with Gasteiger partial charge in [-0.15, -0.1) is 0 Å². The lowest BCUT2D eigenvalue weighted by Gasteiger charge is -2.01. The fraction of sp³-hybridized carbons (Fsp3) is 0.222. The molecule has 0 aliphatic rings. The number of carbonyl (C=O) groups excluding carboxylic acids is 1. The van der Waals surface area contributed by atoms with Crippen LogP contribution < -0.4 is 0 Å². The first kappa shape index (κ1) is 9.38. The van der Waals surface area contributed by atoms with Gasteiger partial charge in [-0.05, 0) is 12.5 Å². The molecule has 68 valence electrons. The summed E-state index contributed by atoms with van der Waals surface area (Å²) in [5, 5.41) is 10.5. The summed E-state index contributed by atoms with van der Waals surface area (Å²) in [6, 6.07) is 4.74. The Bertz CT molecular complexity index is 347. The summed E-state index contributed by atoms with van der Waals surface area (Å²) in [5.74, 6) is 0. The van der Waals surface area contributed by atoms with Crippen LogP contribution in [-0.4, -0.2) is 11.2 Å². The molecule has 4 heteroatoms. The Morgan fingerprint density at radius 2 is 2.23 bits per heavy atom. The van der Waals surface area contributed by atoms with E-state index in [0.717, 1.165) is 6.29 Å². The van der Waals surface area contributed by atoms with Gasteiger partial charge in [-0.1, -0.05) is 12.1 Å². The van der Waals surface area contributed by atoms with E-state index in [-0.39, 0.29) is 12.1 Å². The molecule has 0 fully saturated rings. The molecule has 0 amide bonds. The maximum absolute atomic E-state index is 10.5. The molecule has 0 radical (unpaired) electrons. The lowest BCUT2D eigenvalue weighted by Crippen LogP contribution is -1.96. The van der Waals surface area contributed by atoms with Crippen molar-refractivity contribution in [3.05, 3.63) is 39.4 Å². The van der Waals surface area contributed by atoms with E-state index in [0.29, 0.717) is 11.1 Å². The van der Waals surface area contributed by atoms with Gasteiger partial charge < -0.3 is 4.79 Å². The summed E-state index contributed by atoms with van der Waals surface area (Å²) in [5.41, 5.74) is 1.35. The Morgan fingerprint density at radius 3 is 2.77 bits per heavy atom. The zero-order valence-electron chi connectivity index (χ0n) is 7.19. The Morgan fingerprint density at radius 1 is 1.54 bits per heavy atom. The van der Waals surface area contributed by atoms with Gasteiger partial charge in [0.2, 0.25) is 0 Å². The van der Waals surface area contributed by atoms with Crippen molar-refractivity contribution in [2.45, 2.75) is 13.3 Å². The van der Waals surface area contributed by atoms with E-state index in [4.69, 9.17) is 0 Å². The number of aldehydes is 1. The van der Waals surface area contributed by atoms with Crippen molar-refractivity contribution in [1.29, 1.82) is 0 Å². The monoisotopic (exact) mass is 179 g/mol. The predicted octanol–water partition coefficient (Wildman–Crippen LogP) is 1.64. The van der Waals surface area contributed by atoms with Gasteiger partial charge in [0.05, 0.1) is 4.92 Å². The van der Waals surface area contributed by atoms with E-state index in [2.05, 4.69) is 0 Å². The largest absolute Gasteiger partial charge is 0.303 e. The van der Waals surface area contributed by atoms with Crippen LogP contribution in [-0.2, 0) is 11.2 Å². The Kier molecular flexibility index (Phi) is 2.74. The number of hydrogen-bond acceptors (Lipinski definition) is 3. The van der Waals surface area contributed by atoms with Crippen molar-refractivity contribution in [2.24, 2.45) is 0 Å². The van der Waals surface area contributed by atoms with Gasteiger partial charge in [-0.25, -0.2) is 0 Å². The third-order valence-electron chi connectivity index (χ3n) is 1.92. The first-order valence-corrected chi connectivity index (χ1v) is 3.83. The predicted molar refractivity (Wildman–Crippen MR) is 47.6 cm³/mol. The summed E-state index contributed by atoms with van der Waals surface area (Å²) in [4.78, 5) is 20.3. The second kappa shape index (κ2) is 3.80. The molecule has 0 saturated carbocycles. The van der Waals surface area contributed by atoms with Crippen molar-refractivity contribution in [2.75, 3.05) is 0 Å². The number of benzene rings is 1. The summed E-state index contributed by atoms with van der Waals surface area (Å²) in [6.07, 6.45) is 0.972. The smallest absolute Gasteiger partial charge is 0.272 e. The summed E-state index contributed by atoms with van der Waals surface area (Å²) >= 11 is 0. The molecule has 0 saturated heterocycles. The first-order valence-electron chi connectivity index (χ1n) is 3.83. The van der Waals surface area contributed by atoms with Crippen LogP contribution in [0.5, 0.6) is 0 Å². The molecule has 4 nitrogen and oxygen atoms in total. The average Bonchev–Trinajstić information content (AvgIpc) is 2.08. The number of nitro groups is 1. The van der Waals surface area contributed by atoms with E-state index >= 15 is 0 Å². The Labute approximate surface area is 75.3 Å². The molecule has 0 N–H and O–H groups in total. The molecule has 1 aromatic carbocycles. The van der Waals surface area contributed by atoms with E-state index in [9.17, 15) is 14.9 Å². The van der Waals surface area contributed by atoms with Gasteiger partial charge in [0.25, 0.3) is 5.69 Å². The minimum atomic E-state index is -0.441. The van der Waals surface area contributed by atoms with Crippen LogP contribution in [0.25, 0.3) is 0 Å². The summed E-state index contributed by atoms with van der Waals surface area (Å²) in [7, 11) is 0. The van der Waals surface area contributed by atoms with Gasteiger partial charge in [-0.3, -0.25) is 10.1 Å². The highest BCUT2D eigenvalue weighted by Crippen LogP contribution is 2.20. The van der Waals surface area contributed by atoms with Crippen molar-refractivity contribution >= 4 is 12.0 Å². The maximum Gasteiger partial charge on any atom is 0.272 e. The van der Waals surface area contributed by atoms with E-state index in [1.165, 1.54) is 6.07 Å². The SMILES string of the molecule is Cc1c(CC=O)cccc1[N+](=O)[O-]. The Hall–Kier alpha value is -1.71. The molecular weight excluding hydrogens is 170 g/mol. The zero-order chi connectivity index (χ0) is 9.84. The molecule has 0 aliphatic heterocycles. The van der Waals surface area contributed by atoms with Crippen LogP contribution in [0.3, 0.4) is 0 Å². The van der Waals surface area contributed by atoms with Gasteiger partial charge >= 0.3 is 0 Å². The third kappa shape index (κ3) is 1.90. The number of nitro benzene ring substituents is 1. The van der Waals surface area contributed by atoms with Crippen LogP contribution in [0.4, 0.5) is 5.69 Å². The lowest BCUT2D eigenvalue weighted by atomic mass is 10.0. The van der Waals surface area contributed by atoms with Crippen LogP contribution in [0.2, 0.25) is 0 Å². The number of nitrogens with zero attached hydrogens (tertiary/aromatic N) is 1. The summed E-state index contributed by atoms with van der Waals surface area (Å²) in [6.45, 7) is 1.65. The van der Waals surface area contributed by atoms with Crippen LogP contribution in [0.15, 0.2) is 18.2 Å². The molecule has 0 spiro atoms. The molecular formula is C9H9NO3. The molecule has 0 unspecified atom stereocenters. The van der Waals surface area contributed by atoms with Crippen molar-refractivity contribution in [3.63, 3.8) is 0 Å². The molecule has 0 heterocycles. The minimum Gasteiger partial charge on any atom is -0.303 e. The van der Waals surface area contributed by atoms with Crippen LogP contribution >= 0.6 is 0 Å². The number of carbonyl (C=O) groups is 1. The topological polar surface area (TPSA) is 60.2 Å². The van der Waals surface area contributed by atoms with Crippen molar-refractivity contribution in [1.82, 2.24) is 0 Å². The number of hydrogen-bond donors (Lipinski definition) is 0. The second-order valence-electron chi connectivity index (χ2n) is 2.69. The lowest BCUT2D eigenvalue weighted by molar-refractivity contribution is -0.385. The summed E-state index contributed by atoms with van der Waals surface area (Å²) < 4.78 is 0. The minimum absolute atomic E-state index is 0.0688. The molecule has 13 heavy (non-hydrogen) atoms. The first-order chi connectivity index (χ1) is 6.16. The van der Waals surface area contributed by atoms with Gasteiger partial charge in [0.15, 0.2) is 0 Å². The van der Waals surface area contributed by atoms with E-state index in [1.54, 1.807) is 19.1 Å². The van der Waals surface area contributed by atoms with E-state index < -0.39 is 4.92 Å². The third-order valence-corrected chi connectivity index (χ3v) is 1.92. The maximum atomic E-state index is 10.5. The van der Waals surface area contributed by atoms with Crippen LogP contribution in [0.1, 0.15) is 11.1 Å².